The van der Waals surface area contributed by atoms with Crippen molar-refractivity contribution >= 4 is 5.97 Å². The molecule has 1 saturated carbocycles. The number of carbonyl (C=O) groups excluding carboxylic acids is 1. The summed E-state index contributed by atoms with van der Waals surface area (Å²) in [6.45, 7) is 9.80. The summed E-state index contributed by atoms with van der Waals surface area (Å²) in [5.41, 5.74) is 0. The summed E-state index contributed by atoms with van der Waals surface area (Å²) in [6, 6.07) is 0. The number of hydrogen-bond acceptors (Lipinski definition) is 3. The SMILES string of the molecule is CCC(C)CCCCCC(CCCC(C)CC)C(=O)OCC1CCC2OC2C1. The van der Waals surface area contributed by atoms with E-state index in [0.717, 1.165) is 50.4 Å². The van der Waals surface area contributed by atoms with Gasteiger partial charge in [-0.3, -0.25) is 4.79 Å². The van der Waals surface area contributed by atoms with Crippen molar-refractivity contribution in [1.29, 1.82) is 0 Å². The normalized spacial score (nSPS) is 26.9. The van der Waals surface area contributed by atoms with Gasteiger partial charge in [-0.15, -0.1) is 0 Å². The minimum atomic E-state index is 0.0740. The molecule has 1 aliphatic carbocycles. The Labute approximate surface area is 174 Å². The summed E-state index contributed by atoms with van der Waals surface area (Å²) in [7, 11) is 0. The maximum Gasteiger partial charge on any atom is 0.308 e. The van der Waals surface area contributed by atoms with E-state index in [1.807, 2.05) is 0 Å². The molecule has 0 radical (unpaired) electrons. The van der Waals surface area contributed by atoms with Gasteiger partial charge in [-0.25, -0.2) is 0 Å². The third kappa shape index (κ3) is 8.84. The molecule has 1 aliphatic heterocycles. The fourth-order valence-corrected chi connectivity index (χ4v) is 4.52. The predicted molar refractivity (Wildman–Crippen MR) is 116 cm³/mol. The maximum atomic E-state index is 12.8. The van der Waals surface area contributed by atoms with E-state index in [4.69, 9.17) is 9.47 Å². The van der Waals surface area contributed by atoms with Crippen molar-refractivity contribution in [3.05, 3.63) is 0 Å². The first kappa shape index (κ1) is 23.7. The number of epoxide rings is 1. The number of ether oxygens (including phenoxy) is 2. The lowest BCUT2D eigenvalue weighted by Crippen LogP contribution is -2.24. The van der Waals surface area contributed by atoms with E-state index in [1.165, 1.54) is 44.9 Å². The first-order valence-corrected chi connectivity index (χ1v) is 12.3. The number of rotatable bonds is 15. The molecule has 3 nitrogen and oxygen atoms in total. The van der Waals surface area contributed by atoms with Crippen LogP contribution in [0.3, 0.4) is 0 Å². The second-order valence-corrected chi connectivity index (χ2v) is 9.81. The Bertz CT molecular complexity index is 436. The molecular weight excluding hydrogens is 348 g/mol. The van der Waals surface area contributed by atoms with E-state index in [-0.39, 0.29) is 11.9 Å². The van der Waals surface area contributed by atoms with Crippen LogP contribution in [0.1, 0.15) is 111 Å². The molecule has 0 N–H and O–H groups in total. The summed E-state index contributed by atoms with van der Waals surface area (Å²) < 4.78 is 11.4. The lowest BCUT2D eigenvalue weighted by Gasteiger charge is -2.21. The minimum Gasteiger partial charge on any atom is -0.465 e. The van der Waals surface area contributed by atoms with Gasteiger partial charge < -0.3 is 9.47 Å². The van der Waals surface area contributed by atoms with Gasteiger partial charge in [0.05, 0.1) is 24.7 Å². The molecule has 164 valence electrons. The zero-order valence-electron chi connectivity index (χ0n) is 19.1. The molecule has 6 atom stereocenters. The van der Waals surface area contributed by atoms with Crippen molar-refractivity contribution in [2.75, 3.05) is 6.61 Å². The van der Waals surface area contributed by atoms with E-state index >= 15 is 0 Å². The molecule has 1 saturated heterocycles. The van der Waals surface area contributed by atoms with Crippen LogP contribution in [0.15, 0.2) is 0 Å². The van der Waals surface area contributed by atoms with Crippen molar-refractivity contribution in [3.8, 4) is 0 Å². The second-order valence-electron chi connectivity index (χ2n) is 9.81. The molecule has 0 spiro atoms. The highest BCUT2D eigenvalue weighted by atomic mass is 16.6. The van der Waals surface area contributed by atoms with Gasteiger partial charge in [0.15, 0.2) is 0 Å². The van der Waals surface area contributed by atoms with E-state index in [1.54, 1.807) is 0 Å². The fourth-order valence-electron chi connectivity index (χ4n) is 4.52. The quantitative estimate of drug-likeness (QED) is 0.172. The van der Waals surface area contributed by atoms with Gasteiger partial charge in [0, 0.05) is 0 Å². The van der Waals surface area contributed by atoms with E-state index < -0.39 is 0 Å². The third-order valence-corrected chi connectivity index (χ3v) is 7.30. The van der Waals surface area contributed by atoms with Crippen LogP contribution >= 0.6 is 0 Å². The average molecular weight is 395 g/mol. The second kappa shape index (κ2) is 12.9. The molecule has 3 heteroatoms. The molecule has 0 aromatic heterocycles. The minimum absolute atomic E-state index is 0.0740. The smallest absolute Gasteiger partial charge is 0.308 e. The third-order valence-electron chi connectivity index (χ3n) is 7.30. The first-order valence-electron chi connectivity index (χ1n) is 12.3. The Morgan fingerprint density at radius 3 is 2.21 bits per heavy atom. The first-order chi connectivity index (χ1) is 13.5. The molecular formula is C25H46O3. The van der Waals surface area contributed by atoms with Crippen LogP contribution in [0.2, 0.25) is 0 Å². The molecule has 6 unspecified atom stereocenters. The Kier molecular flexibility index (Phi) is 10.9. The van der Waals surface area contributed by atoms with E-state index in [2.05, 4.69) is 27.7 Å². The number of hydrogen-bond donors (Lipinski definition) is 0. The zero-order chi connectivity index (χ0) is 20.4. The lowest BCUT2D eigenvalue weighted by atomic mass is 9.89. The van der Waals surface area contributed by atoms with Crippen molar-refractivity contribution in [2.24, 2.45) is 23.7 Å². The van der Waals surface area contributed by atoms with Crippen LogP contribution in [0.25, 0.3) is 0 Å². The highest BCUT2D eigenvalue weighted by Crippen LogP contribution is 2.39. The average Bonchev–Trinajstić information content (AvgIpc) is 3.48. The molecule has 1 heterocycles. The Hall–Kier alpha value is -0.570. The summed E-state index contributed by atoms with van der Waals surface area (Å²) in [6.07, 6.45) is 16.4. The van der Waals surface area contributed by atoms with Gasteiger partial charge in [0.25, 0.3) is 0 Å². The summed E-state index contributed by atoms with van der Waals surface area (Å²) in [4.78, 5) is 12.8. The topological polar surface area (TPSA) is 38.8 Å². The molecule has 2 fully saturated rings. The van der Waals surface area contributed by atoms with Crippen LogP contribution in [-0.4, -0.2) is 24.8 Å². The van der Waals surface area contributed by atoms with Crippen LogP contribution < -0.4 is 0 Å². The van der Waals surface area contributed by atoms with Gasteiger partial charge in [0.1, 0.15) is 0 Å². The Morgan fingerprint density at radius 1 is 0.893 bits per heavy atom. The molecule has 0 amide bonds. The monoisotopic (exact) mass is 394 g/mol. The molecule has 0 aromatic rings. The standard InChI is InChI=1S/C25H46O3/c1-5-19(3)11-8-7-9-13-22(14-10-12-20(4)6-2)25(26)27-18-21-15-16-23-24(17-21)28-23/h19-24H,5-18H2,1-4H3. The van der Waals surface area contributed by atoms with Crippen LogP contribution in [0, 0.1) is 23.7 Å². The fraction of sp³-hybridized carbons (Fsp3) is 0.960. The van der Waals surface area contributed by atoms with Crippen molar-refractivity contribution in [1.82, 2.24) is 0 Å². The summed E-state index contributed by atoms with van der Waals surface area (Å²) in [5.74, 6) is 2.30. The number of carbonyl (C=O) groups is 1. The molecule has 2 rings (SSSR count). The molecule has 2 aliphatic rings. The van der Waals surface area contributed by atoms with Gasteiger partial charge >= 0.3 is 5.97 Å². The summed E-state index contributed by atoms with van der Waals surface area (Å²) >= 11 is 0. The largest absolute Gasteiger partial charge is 0.465 e. The molecule has 28 heavy (non-hydrogen) atoms. The number of fused-ring (bicyclic) bond motifs is 1. The van der Waals surface area contributed by atoms with Gasteiger partial charge in [-0.2, -0.15) is 0 Å². The van der Waals surface area contributed by atoms with Crippen LogP contribution in [-0.2, 0) is 14.3 Å². The Morgan fingerprint density at radius 2 is 1.54 bits per heavy atom. The van der Waals surface area contributed by atoms with Gasteiger partial charge in [0.2, 0.25) is 0 Å². The molecule has 0 bridgehead atoms. The number of esters is 1. The maximum absolute atomic E-state index is 12.8. The lowest BCUT2D eigenvalue weighted by molar-refractivity contribution is -0.150. The molecule has 0 aromatic carbocycles. The van der Waals surface area contributed by atoms with Crippen LogP contribution in [0.4, 0.5) is 0 Å². The number of unbranched alkanes of at least 4 members (excludes halogenated alkanes) is 2. The predicted octanol–water partition coefficient (Wildman–Crippen LogP) is 6.93. The van der Waals surface area contributed by atoms with Gasteiger partial charge in [-0.05, 0) is 49.9 Å². The van der Waals surface area contributed by atoms with Crippen molar-refractivity contribution in [3.63, 3.8) is 0 Å². The van der Waals surface area contributed by atoms with Crippen molar-refractivity contribution in [2.45, 2.75) is 123 Å². The Balaban J connectivity index is 1.68. The van der Waals surface area contributed by atoms with Crippen molar-refractivity contribution < 1.29 is 14.3 Å². The highest BCUT2D eigenvalue weighted by molar-refractivity contribution is 5.72. The summed E-state index contributed by atoms with van der Waals surface area (Å²) in [5, 5.41) is 0. The van der Waals surface area contributed by atoms with E-state index in [9.17, 15) is 4.79 Å². The van der Waals surface area contributed by atoms with Crippen LogP contribution in [0.5, 0.6) is 0 Å². The zero-order valence-corrected chi connectivity index (χ0v) is 19.1. The van der Waals surface area contributed by atoms with Gasteiger partial charge in [-0.1, -0.05) is 79.1 Å². The highest BCUT2D eigenvalue weighted by Gasteiger charge is 2.44. The van der Waals surface area contributed by atoms with E-state index in [0.29, 0.717) is 24.7 Å².